The molecule has 90 valence electrons. The topological polar surface area (TPSA) is 30.0 Å². The molecule has 2 rings (SSSR count). The Bertz CT molecular complexity index is 552. The summed E-state index contributed by atoms with van der Waals surface area (Å²) in [4.78, 5) is 16.0. The largest absolute Gasteiger partial charge is 0.289 e. The van der Waals surface area contributed by atoms with Crippen molar-refractivity contribution in [1.29, 1.82) is 0 Å². The van der Waals surface area contributed by atoms with Gasteiger partial charge in [-0.1, -0.05) is 33.8 Å². The molecule has 0 radical (unpaired) electrons. The van der Waals surface area contributed by atoms with E-state index in [9.17, 15) is 4.79 Å². The minimum absolute atomic E-state index is 0.00840. The lowest BCUT2D eigenvalue weighted by Crippen LogP contribution is -1.92. The molecule has 0 bridgehead atoms. The number of carbonyl (C=O) groups is 1. The lowest BCUT2D eigenvalue weighted by atomic mass is 10.1. The number of carbonyl (C=O) groups excluding carboxylic acids is 1. The maximum Gasteiger partial charge on any atom is 0.186 e. The van der Waals surface area contributed by atoms with Crippen LogP contribution in [0.3, 0.4) is 0 Å². The van der Waals surface area contributed by atoms with E-state index in [0.717, 1.165) is 9.50 Å². The van der Waals surface area contributed by atoms with Crippen molar-refractivity contribution in [2.75, 3.05) is 0 Å². The Morgan fingerprint density at radius 1 is 1.17 bits per heavy atom. The Morgan fingerprint density at radius 3 is 2.61 bits per heavy atom. The lowest BCUT2D eigenvalue weighted by molar-refractivity contribution is 0.104. The van der Waals surface area contributed by atoms with E-state index in [-0.39, 0.29) is 5.78 Å². The second kappa shape index (κ2) is 6.52. The number of nitrogens with zero attached hydrogens (tertiary/aromatic N) is 1. The zero-order valence-corrected chi connectivity index (χ0v) is 11.8. The van der Waals surface area contributed by atoms with Gasteiger partial charge in [0, 0.05) is 16.2 Å². The molecule has 0 aliphatic rings. The predicted octanol–water partition coefficient (Wildman–Crippen LogP) is 4.33. The van der Waals surface area contributed by atoms with Crippen LogP contribution in [0.15, 0.2) is 69.6 Å². The van der Waals surface area contributed by atoms with E-state index in [2.05, 4.69) is 20.9 Å². The van der Waals surface area contributed by atoms with Crippen molar-refractivity contribution in [3.05, 3.63) is 70.2 Å². The Balaban J connectivity index is 1.97. The van der Waals surface area contributed by atoms with Gasteiger partial charge in [-0.15, -0.1) is 0 Å². The lowest BCUT2D eigenvalue weighted by Gasteiger charge is -1.96. The van der Waals surface area contributed by atoms with E-state index >= 15 is 0 Å². The van der Waals surface area contributed by atoms with Crippen LogP contribution in [0.25, 0.3) is 0 Å². The standard InChI is InChI=1S/C14H10BrNOS/c15-12-6-4-11(5-7-12)13(17)8-10-18-14-3-1-2-9-16-14/h1-10H. The monoisotopic (exact) mass is 319 g/mol. The number of halogens is 1. The summed E-state index contributed by atoms with van der Waals surface area (Å²) in [5.41, 5.74) is 0.677. The third-order valence-electron chi connectivity index (χ3n) is 2.17. The van der Waals surface area contributed by atoms with Gasteiger partial charge in [-0.3, -0.25) is 4.79 Å². The van der Waals surface area contributed by atoms with E-state index in [1.165, 1.54) is 11.8 Å². The SMILES string of the molecule is O=C(C=CSc1ccccn1)c1ccc(Br)cc1. The molecule has 2 nitrogen and oxygen atoms in total. The van der Waals surface area contributed by atoms with Crippen molar-refractivity contribution in [2.45, 2.75) is 5.03 Å². The van der Waals surface area contributed by atoms with Crippen molar-refractivity contribution in [2.24, 2.45) is 0 Å². The maximum atomic E-state index is 11.8. The summed E-state index contributed by atoms with van der Waals surface area (Å²) in [6.07, 6.45) is 3.29. The van der Waals surface area contributed by atoms with Crippen LogP contribution in [0.1, 0.15) is 10.4 Å². The third-order valence-corrected chi connectivity index (χ3v) is 3.46. The molecule has 1 aromatic carbocycles. The highest BCUT2D eigenvalue weighted by molar-refractivity contribution is 9.10. The summed E-state index contributed by atoms with van der Waals surface area (Å²) in [6.45, 7) is 0. The van der Waals surface area contributed by atoms with Gasteiger partial charge in [0.15, 0.2) is 5.78 Å². The van der Waals surface area contributed by atoms with Gasteiger partial charge in [0.05, 0.1) is 0 Å². The van der Waals surface area contributed by atoms with Crippen LogP contribution in [0.2, 0.25) is 0 Å². The molecule has 0 aliphatic carbocycles. The van der Waals surface area contributed by atoms with Gasteiger partial charge in [-0.2, -0.15) is 0 Å². The molecule has 0 saturated carbocycles. The molecule has 18 heavy (non-hydrogen) atoms. The van der Waals surface area contributed by atoms with Crippen LogP contribution < -0.4 is 0 Å². The highest BCUT2D eigenvalue weighted by Gasteiger charge is 2.00. The molecule has 0 unspecified atom stereocenters. The number of benzene rings is 1. The van der Waals surface area contributed by atoms with Gasteiger partial charge < -0.3 is 0 Å². The summed E-state index contributed by atoms with van der Waals surface area (Å²) >= 11 is 4.76. The first-order valence-corrected chi connectivity index (χ1v) is 6.97. The summed E-state index contributed by atoms with van der Waals surface area (Å²) < 4.78 is 0.964. The number of ketones is 1. The fraction of sp³-hybridized carbons (Fsp3) is 0. The van der Waals surface area contributed by atoms with Crippen LogP contribution in [0, 0.1) is 0 Å². The molecular formula is C14H10BrNOS. The van der Waals surface area contributed by atoms with Crippen molar-refractivity contribution in [3.63, 3.8) is 0 Å². The number of hydrogen-bond donors (Lipinski definition) is 0. The average molecular weight is 320 g/mol. The van der Waals surface area contributed by atoms with E-state index in [0.29, 0.717) is 5.56 Å². The first-order valence-electron chi connectivity index (χ1n) is 5.30. The maximum absolute atomic E-state index is 11.8. The Morgan fingerprint density at radius 2 is 1.94 bits per heavy atom. The van der Waals surface area contributed by atoms with Crippen molar-refractivity contribution < 1.29 is 4.79 Å². The molecule has 0 atom stereocenters. The van der Waals surface area contributed by atoms with E-state index in [1.54, 1.807) is 29.8 Å². The second-order valence-electron chi connectivity index (χ2n) is 3.46. The molecule has 0 amide bonds. The number of thioether (sulfide) groups is 1. The molecule has 1 heterocycles. The molecule has 0 aliphatic heterocycles. The molecule has 2 aromatic rings. The number of rotatable bonds is 4. The molecule has 1 aromatic heterocycles. The van der Waals surface area contributed by atoms with E-state index < -0.39 is 0 Å². The van der Waals surface area contributed by atoms with Gasteiger partial charge in [-0.25, -0.2) is 4.98 Å². The van der Waals surface area contributed by atoms with Crippen molar-refractivity contribution in [3.8, 4) is 0 Å². The fourth-order valence-corrected chi connectivity index (χ4v) is 2.17. The summed E-state index contributed by atoms with van der Waals surface area (Å²) in [5, 5.41) is 2.63. The summed E-state index contributed by atoms with van der Waals surface area (Å²) in [5.74, 6) is -0.00840. The molecule has 0 saturated heterocycles. The zero-order chi connectivity index (χ0) is 12.8. The van der Waals surface area contributed by atoms with Gasteiger partial charge in [0.1, 0.15) is 5.03 Å². The minimum atomic E-state index is -0.00840. The molecule has 0 N–H and O–H groups in total. The van der Waals surface area contributed by atoms with E-state index in [1.807, 2.05) is 30.3 Å². The summed E-state index contributed by atoms with van der Waals surface area (Å²) in [7, 11) is 0. The van der Waals surface area contributed by atoms with Crippen LogP contribution in [-0.2, 0) is 0 Å². The van der Waals surface area contributed by atoms with Crippen molar-refractivity contribution in [1.82, 2.24) is 4.98 Å². The number of pyridine rings is 1. The van der Waals surface area contributed by atoms with Crippen molar-refractivity contribution >= 4 is 33.5 Å². The molecule has 0 fully saturated rings. The van der Waals surface area contributed by atoms with Gasteiger partial charge in [0.25, 0.3) is 0 Å². The molecule has 4 heteroatoms. The minimum Gasteiger partial charge on any atom is -0.289 e. The number of allylic oxidation sites excluding steroid dienone is 1. The fourth-order valence-electron chi connectivity index (χ4n) is 1.29. The Kier molecular flexibility index (Phi) is 4.73. The molecular weight excluding hydrogens is 310 g/mol. The van der Waals surface area contributed by atoms with Crippen LogP contribution in [-0.4, -0.2) is 10.8 Å². The quantitative estimate of drug-likeness (QED) is 0.477. The Hall–Kier alpha value is -1.39. The second-order valence-corrected chi connectivity index (χ2v) is 5.30. The normalized spacial score (nSPS) is 10.7. The first-order chi connectivity index (χ1) is 8.75. The van der Waals surface area contributed by atoms with Gasteiger partial charge in [-0.05, 0) is 47.9 Å². The van der Waals surface area contributed by atoms with Gasteiger partial charge >= 0.3 is 0 Å². The predicted molar refractivity (Wildman–Crippen MR) is 77.7 cm³/mol. The summed E-state index contributed by atoms with van der Waals surface area (Å²) in [6, 6.07) is 13.0. The van der Waals surface area contributed by atoms with E-state index in [4.69, 9.17) is 0 Å². The zero-order valence-electron chi connectivity index (χ0n) is 9.42. The smallest absolute Gasteiger partial charge is 0.186 e. The highest BCUT2D eigenvalue weighted by Crippen LogP contribution is 2.16. The van der Waals surface area contributed by atoms with Crippen LogP contribution >= 0.6 is 27.7 Å². The first kappa shape index (κ1) is 13.1. The molecule has 0 spiro atoms. The number of hydrogen-bond acceptors (Lipinski definition) is 3. The average Bonchev–Trinajstić information content (AvgIpc) is 2.40. The third kappa shape index (κ3) is 3.82. The van der Waals surface area contributed by atoms with Crippen LogP contribution in [0.5, 0.6) is 0 Å². The van der Waals surface area contributed by atoms with Gasteiger partial charge in [0.2, 0.25) is 0 Å². The Labute approximate surface area is 118 Å². The van der Waals surface area contributed by atoms with Crippen LogP contribution in [0.4, 0.5) is 0 Å². The highest BCUT2D eigenvalue weighted by atomic mass is 79.9. The number of aromatic nitrogens is 1.